The number of nitrogens with two attached hydrogens (primary N) is 1. The Balaban J connectivity index is 2.21. The molecule has 1 fully saturated rings. The Morgan fingerprint density at radius 3 is 2.85 bits per heavy atom. The summed E-state index contributed by atoms with van der Waals surface area (Å²) in [4.78, 5) is 10.7. The van der Waals surface area contributed by atoms with Crippen LogP contribution >= 0.6 is 0 Å². The lowest BCUT2D eigenvalue weighted by Gasteiger charge is -2.41. The van der Waals surface area contributed by atoms with Crippen LogP contribution in [0.25, 0.3) is 0 Å². The molecule has 1 atom stereocenters. The molecule has 0 aliphatic carbocycles. The molecule has 2 heterocycles. The molecule has 4 nitrogen and oxygen atoms in total. The van der Waals surface area contributed by atoms with Gasteiger partial charge in [0, 0.05) is 31.5 Å². The number of nitrogens with zero attached hydrogens (tertiary/aromatic N) is 3. The Labute approximate surface area is 77.8 Å². The van der Waals surface area contributed by atoms with Gasteiger partial charge in [0.1, 0.15) is 5.82 Å². The molecule has 0 amide bonds. The molecular formula is C9H14N4. The fourth-order valence-electron chi connectivity index (χ4n) is 1.65. The van der Waals surface area contributed by atoms with Gasteiger partial charge in [-0.1, -0.05) is 0 Å². The lowest BCUT2D eigenvalue weighted by Crippen LogP contribution is -2.52. The van der Waals surface area contributed by atoms with Crippen molar-refractivity contribution in [1.29, 1.82) is 0 Å². The second kappa shape index (κ2) is 3.30. The standard InChI is InChI=1S/C9H14N4/c1-7-9(12-4-3-11-7)13-5-2-8(13)6-10/h3-4,8H,2,5-6,10H2,1H3. The molecule has 2 rings (SSSR count). The van der Waals surface area contributed by atoms with E-state index in [2.05, 4.69) is 14.9 Å². The van der Waals surface area contributed by atoms with E-state index in [4.69, 9.17) is 5.73 Å². The highest BCUT2D eigenvalue weighted by molar-refractivity contribution is 5.46. The minimum atomic E-state index is 0.468. The number of aromatic nitrogens is 2. The van der Waals surface area contributed by atoms with Crippen LogP contribution in [0.4, 0.5) is 5.82 Å². The molecule has 1 aliphatic heterocycles. The lowest BCUT2D eigenvalue weighted by atomic mass is 10.0. The molecule has 70 valence electrons. The molecule has 0 radical (unpaired) electrons. The van der Waals surface area contributed by atoms with E-state index in [1.54, 1.807) is 12.4 Å². The summed E-state index contributed by atoms with van der Waals surface area (Å²) in [6.07, 6.45) is 4.62. The van der Waals surface area contributed by atoms with Gasteiger partial charge in [-0.2, -0.15) is 0 Å². The molecule has 1 saturated heterocycles. The Bertz CT molecular complexity index is 297. The third kappa shape index (κ3) is 1.37. The van der Waals surface area contributed by atoms with Gasteiger partial charge in [-0.05, 0) is 13.3 Å². The predicted molar refractivity (Wildman–Crippen MR) is 51.6 cm³/mol. The van der Waals surface area contributed by atoms with Gasteiger partial charge in [0.05, 0.1) is 5.69 Å². The van der Waals surface area contributed by atoms with Gasteiger partial charge in [-0.15, -0.1) is 0 Å². The smallest absolute Gasteiger partial charge is 0.150 e. The van der Waals surface area contributed by atoms with E-state index in [1.807, 2.05) is 6.92 Å². The summed E-state index contributed by atoms with van der Waals surface area (Å²) in [5, 5.41) is 0. The van der Waals surface area contributed by atoms with E-state index in [1.165, 1.54) is 6.42 Å². The fraction of sp³-hybridized carbons (Fsp3) is 0.556. The highest BCUT2D eigenvalue weighted by atomic mass is 15.3. The van der Waals surface area contributed by atoms with E-state index >= 15 is 0 Å². The van der Waals surface area contributed by atoms with Crippen LogP contribution in [-0.2, 0) is 0 Å². The van der Waals surface area contributed by atoms with Gasteiger partial charge in [-0.25, -0.2) is 4.98 Å². The molecule has 0 saturated carbocycles. The van der Waals surface area contributed by atoms with Crippen LogP contribution in [-0.4, -0.2) is 29.1 Å². The zero-order chi connectivity index (χ0) is 9.26. The molecule has 13 heavy (non-hydrogen) atoms. The van der Waals surface area contributed by atoms with Gasteiger partial charge in [0.2, 0.25) is 0 Å². The van der Waals surface area contributed by atoms with Crippen molar-refractivity contribution < 1.29 is 0 Å². The van der Waals surface area contributed by atoms with Gasteiger partial charge in [-0.3, -0.25) is 4.98 Å². The van der Waals surface area contributed by atoms with E-state index < -0.39 is 0 Å². The molecule has 0 bridgehead atoms. The first-order valence-corrected chi connectivity index (χ1v) is 4.57. The first kappa shape index (κ1) is 8.44. The average Bonchev–Trinajstić information content (AvgIpc) is 2.08. The van der Waals surface area contributed by atoms with Crippen LogP contribution in [0.5, 0.6) is 0 Å². The highest BCUT2D eigenvalue weighted by Gasteiger charge is 2.28. The van der Waals surface area contributed by atoms with Crippen molar-refractivity contribution in [3.05, 3.63) is 18.1 Å². The first-order valence-electron chi connectivity index (χ1n) is 4.57. The number of anilines is 1. The SMILES string of the molecule is Cc1nccnc1N1CCC1CN. The third-order valence-electron chi connectivity index (χ3n) is 2.54. The summed E-state index contributed by atoms with van der Waals surface area (Å²) in [6, 6.07) is 0.468. The van der Waals surface area contributed by atoms with Crippen LogP contribution in [0.2, 0.25) is 0 Å². The highest BCUT2D eigenvalue weighted by Crippen LogP contribution is 2.25. The minimum Gasteiger partial charge on any atom is -0.351 e. The molecule has 4 heteroatoms. The van der Waals surface area contributed by atoms with Crippen molar-refractivity contribution in [2.45, 2.75) is 19.4 Å². The van der Waals surface area contributed by atoms with Gasteiger partial charge < -0.3 is 10.6 Å². The number of rotatable bonds is 2. The van der Waals surface area contributed by atoms with Crippen LogP contribution in [0, 0.1) is 6.92 Å². The molecule has 1 aromatic heterocycles. The average molecular weight is 178 g/mol. The summed E-state index contributed by atoms with van der Waals surface area (Å²) in [7, 11) is 0. The summed E-state index contributed by atoms with van der Waals surface area (Å²) in [5.74, 6) is 0.990. The first-order chi connectivity index (χ1) is 6.33. The molecule has 1 aromatic rings. The molecule has 0 spiro atoms. The van der Waals surface area contributed by atoms with Crippen LogP contribution in [0.1, 0.15) is 12.1 Å². The van der Waals surface area contributed by atoms with Gasteiger partial charge in [0.25, 0.3) is 0 Å². The second-order valence-corrected chi connectivity index (χ2v) is 3.34. The van der Waals surface area contributed by atoms with E-state index in [-0.39, 0.29) is 0 Å². The van der Waals surface area contributed by atoms with Crippen molar-refractivity contribution in [1.82, 2.24) is 9.97 Å². The van der Waals surface area contributed by atoms with Crippen molar-refractivity contribution in [2.24, 2.45) is 5.73 Å². The number of hydrogen-bond donors (Lipinski definition) is 1. The predicted octanol–water partition coefficient (Wildman–Crippen LogP) is 0.322. The maximum Gasteiger partial charge on any atom is 0.150 e. The van der Waals surface area contributed by atoms with Crippen molar-refractivity contribution in [3.8, 4) is 0 Å². The Kier molecular flexibility index (Phi) is 2.14. The van der Waals surface area contributed by atoms with Crippen LogP contribution in [0.15, 0.2) is 12.4 Å². The summed E-state index contributed by atoms with van der Waals surface area (Å²) >= 11 is 0. The van der Waals surface area contributed by atoms with Crippen molar-refractivity contribution >= 4 is 5.82 Å². The Hall–Kier alpha value is -1.16. The maximum atomic E-state index is 5.62. The molecule has 2 N–H and O–H groups in total. The third-order valence-corrected chi connectivity index (χ3v) is 2.54. The summed E-state index contributed by atoms with van der Waals surface area (Å²) < 4.78 is 0. The fourth-order valence-corrected chi connectivity index (χ4v) is 1.65. The topological polar surface area (TPSA) is 55.0 Å². The quantitative estimate of drug-likeness (QED) is 0.708. The maximum absolute atomic E-state index is 5.62. The largest absolute Gasteiger partial charge is 0.351 e. The zero-order valence-corrected chi connectivity index (χ0v) is 7.77. The zero-order valence-electron chi connectivity index (χ0n) is 7.77. The number of hydrogen-bond acceptors (Lipinski definition) is 4. The van der Waals surface area contributed by atoms with E-state index in [9.17, 15) is 0 Å². The Morgan fingerprint density at radius 2 is 2.31 bits per heavy atom. The lowest BCUT2D eigenvalue weighted by molar-refractivity contribution is 0.450. The van der Waals surface area contributed by atoms with Crippen molar-refractivity contribution in [2.75, 3.05) is 18.0 Å². The monoisotopic (exact) mass is 178 g/mol. The minimum absolute atomic E-state index is 0.468. The molecule has 1 aliphatic rings. The summed E-state index contributed by atoms with van der Waals surface area (Å²) in [6.45, 7) is 3.74. The van der Waals surface area contributed by atoms with Crippen LogP contribution in [0.3, 0.4) is 0 Å². The van der Waals surface area contributed by atoms with Crippen molar-refractivity contribution in [3.63, 3.8) is 0 Å². The van der Waals surface area contributed by atoms with E-state index in [0.29, 0.717) is 12.6 Å². The Morgan fingerprint density at radius 1 is 1.54 bits per heavy atom. The van der Waals surface area contributed by atoms with Gasteiger partial charge >= 0.3 is 0 Å². The molecular weight excluding hydrogens is 164 g/mol. The number of aryl methyl sites for hydroxylation is 1. The second-order valence-electron chi connectivity index (χ2n) is 3.34. The van der Waals surface area contributed by atoms with Gasteiger partial charge in [0.15, 0.2) is 0 Å². The molecule has 1 unspecified atom stereocenters. The summed E-state index contributed by atoms with van der Waals surface area (Å²) in [5.41, 5.74) is 6.61. The van der Waals surface area contributed by atoms with E-state index in [0.717, 1.165) is 18.1 Å². The van der Waals surface area contributed by atoms with Crippen LogP contribution < -0.4 is 10.6 Å². The molecule has 0 aromatic carbocycles. The normalized spacial score (nSPS) is 21.4.